The minimum Gasteiger partial charge on any atom is -0.481 e. The first-order valence-corrected chi connectivity index (χ1v) is 35.5. The third-order valence-electron chi connectivity index (χ3n) is 14.7. The summed E-state index contributed by atoms with van der Waals surface area (Å²) in [6, 6.07) is 32.8. The van der Waals surface area contributed by atoms with Gasteiger partial charge in [0.1, 0.15) is 47.0 Å². The summed E-state index contributed by atoms with van der Waals surface area (Å²) in [7, 11) is -3.51. The molecule has 96 heavy (non-hydrogen) atoms. The molecule has 15 nitrogen and oxygen atoms in total. The molecule has 7 N–H and O–H groups in total. The first-order valence-electron chi connectivity index (χ1n) is 29.7. The van der Waals surface area contributed by atoms with Crippen molar-refractivity contribution in [2.75, 3.05) is 0 Å². The average Bonchev–Trinajstić information content (AvgIpc) is 0.889. The minimum atomic E-state index is -1.81. The van der Waals surface area contributed by atoms with Crippen molar-refractivity contribution in [3.63, 3.8) is 0 Å². The van der Waals surface area contributed by atoms with E-state index in [0.29, 0.717) is 59.9 Å². The van der Waals surface area contributed by atoms with Crippen LogP contribution in [0.1, 0.15) is 136 Å². The van der Waals surface area contributed by atoms with Gasteiger partial charge in [-0.3, -0.25) is 24.0 Å². The monoisotopic (exact) mass is 1380 g/mol. The number of carboxylic acids is 3. The molecular formula is C72H85F7O15Si2. The summed E-state index contributed by atoms with van der Waals surface area (Å²) in [5, 5.41) is 60.2. The van der Waals surface area contributed by atoms with Gasteiger partial charge in [0.15, 0.2) is 29.2 Å². The van der Waals surface area contributed by atoms with E-state index < -0.39 is 63.6 Å². The Bertz CT molecular complexity index is 3610. The molecule has 520 valence electrons. The zero-order valence-corrected chi connectivity index (χ0v) is 57.3. The normalized spacial score (nSPS) is 11.0. The van der Waals surface area contributed by atoms with E-state index in [1.807, 2.05) is 0 Å². The largest absolute Gasteiger partial charge is 0.481 e. The highest BCUT2D eigenvalue weighted by molar-refractivity contribution is 6.74. The minimum absolute atomic E-state index is 0.0171. The highest BCUT2D eigenvalue weighted by Gasteiger charge is 2.38. The van der Waals surface area contributed by atoms with Gasteiger partial charge in [-0.25, -0.2) is 35.5 Å². The molecule has 0 saturated heterocycles. The predicted molar refractivity (Wildman–Crippen MR) is 357 cm³/mol. The van der Waals surface area contributed by atoms with Crippen LogP contribution in [0.3, 0.4) is 0 Å². The molecule has 7 rings (SSSR count). The van der Waals surface area contributed by atoms with Crippen LogP contribution in [-0.2, 0) is 75.7 Å². The number of aliphatic carboxylic acids is 3. The van der Waals surface area contributed by atoms with Crippen LogP contribution in [0.2, 0.25) is 36.3 Å². The van der Waals surface area contributed by atoms with Gasteiger partial charge < -0.3 is 44.6 Å². The number of benzene rings is 7. The van der Waals surface area contributed by atoms with Crippen molar-refractivity contribution < 1.29 is 104 Å². The standard InChI is InChI=1S/C14H21FO2Si.C13H21FOSi.C10H11FO3.2C10H9FO3.C8H7FO2.C7H7FO/c1-14(2,3)18(4,5)17-10-11-6-7-13(15)12(8-11)9-16;1-13(2,3)16(4,5)15-10-11-6-8-12(14)9-7-11;3*11-9-3-1-7(6-12)5-8(9)2-4-10(13)14;9-8-2-1-6(4-10)3-7(8)5-11;8-7-3-1-6(5-9)2-4-7/h6-9H,10H2,1-5H3;6-9H,10H2,1-5H3;1,3,5,12H,2,4,6H2,(H,13,14);1,3,5-6H,2,4H2,(H,13,14);1-5,12H,6H2,(H,13,14);1-3,5,10H,4H2;1-4,9H,5H2/b;;;;4-2+;;. The van der Waals surface area contributed by atoms with E-state index in [4.69, 9.17) is 44.6 Å². The molecule has 0 aliphatic rings. The van der Waals surface area contributed by atoms with Crippen LogP contribution in [0.15, 0.2) is 146 Å². The maximum Gasteiger partial charge on any atom is 0.328 e. The Morgan fingerprint density at radius 2 is 0.729 bits per heavy atom. The zero-order valence-electron chi connectivity index (χ0n) is 55.3. The highest BCUT2D eigenvalue weighted by Crippen LogP contribution is 2.38. The number of rotatable bonds is 21. The van der Waals surface area contributed by atoms with Crippen molar-refractivity contribution in [3.05, 3.63) is 253 Å². The lowest BCUT2D eigenvalue weighted by molar-refractivity contribution is -0.138. The second kappa shape index (κ2) is 42.8. The Morgan fingerprint density at radius 1 is 0.406 bits per heavy atom. The molecule has 0 bridgehead atoms. The molecule has 7 aromatic rings. The summed E-state index contributed by atoms with van der Waals surface area (Å²) in [5.41, 5.74) is 5.44. The Kier molecular flexibility index (Phi) is 38.0. The van der Waals surface area contributed by atoms with E-state index in [-0.39, 0.29) is 96.1 Å². The first kappa shape index (κ1) is 85.4. The number of hydrogen-bond donors (Lipinski definition) is 7. The van der Waals surface area contributed by atoms with Gasteiger partial charge in [0.2, 0.25) is 0 Å². The molecule has 0 aliphatic carbocycles. The summed E-state index contributed by atoms with van der Waals surface area (Å²) in [6.07, 6.45) is 3.56. The van der Waals surface area contributed by atoms with Crippen LogP contribution in [0.5, 0.6) is 0 Å². The van der Waals surface area contributed by atoms with Crippen molar-refractivity contribution >= 4 is 59.5 Å². The number of aliphatic hydroxyl groups excluding tert-OH is 4. The van der Waals surface area contributed by atoms with Crippen LogP contribution < -0.4 is 0 Å². The first-order chi connectivity index (χ1) is 44.9. The molecule has 0 amide bonds. The molecule has 0 aliphatic heterocycles. The number of carbonyl (C=O) groups is 6. The maximum absolute atomic E-state index is 13.2. The number of aliphatic hydroxyl groups is 4. The van der Waals surface area contributed by atoms with Gasteiger partial charge in [0.25, 0.3) is 0 Å². The van der Waals surface area contributed by atoms with Crippen LogP contribution >= 0.6 is 0 Å². The van der Waals surface area contributed by atoms with Crippen molar-refractivity contribution in [2.45, 2.75) is 143 Å². The molecule has 0 fully saturated rings. The molecule has 0 aromatic heterocycles. The summed E-state index contributed by atoms with van der Waals surface area (Å²) in [5.74, 6) is -6.01. The fourth-order valence-electron chi connectivity index (χ4n) is 6.93. The van der Waals surface area contributed by atoms with Gasteiger partial charge >= 0.3 is 17.9 Å². The second-order valence-corrected chi connectivity index (χ2v) is 33.8. The topological polar surface area (TPSA) is 262 Å². The summed E-state index contributed by atoms with van der Waals surface area (Å²) < 4.78 is 102. The molecular weight excluding hydrogens is 1290 g/mol. The highest BCUT2D eigenvalue weighted by atomic mass is 28.4. The van der Waals surface area contributed by atoms with Gasteiger partial charge in [-0.05, 0) is 185 Å². The zero-order chi connectivity index (χ0) is 73.0. The predicted octanol–water partition coefficient (Wildman–Crippen LogP) is 15.4. The number of halogens is 7. The molecule has 0 heterocycles. The van der Waals surface area contributed by atoms with Gasteiger partial charge in [-0.1, -0.05) is 96.1 Å². The molecule has 0 saturated carbocycles. The van der Waals surface area contributed by atoms with Crippen molar-refractivity contribution in [1.82, 2.24) is 0 Å². The molecule has 0 radical (unpaired) electrons. The Morgan fingerprint density at radius 3 is 1.10 bits per heavy atom. The quantitative estimate of drug-likeness (QED) is 0.0153. The smallest absolute Gasteiger partial charge is 0.328 e. The van der Waals surface area contributed by atoms with E-state index >= 15 is 0 Å². The molecule has 0 atom stereocenters. The molecule has 0 unspecified atom stereocenters. The van der Waals surface area contributed by atoms with E-state index in [2.05, 4.69) is 67.7 Å². The number of hydrogen-bond acceptors (Lipinski definition) is 12. The fourth-order valence-corrected chi connectivity index (χ4v) is 8.85. The van der Waals surface area contributed by atoms with Crippen molar-refractivity contribution in [1.29, 1.82) is 0 Å². The Hall–Kier alpha value is -8.60. The van der Waals surface area contributed by atoms with E-state index in [1.54, 1.807) is 36.4 Å². The van der Waals surface area contributed by atoms with Gasteiger partial charge in [0.05, 0.1) is 50.8 Å². The van der Waals surface area contributed by atoms with E-state index in [9.17, 15) is 59.5 Å². The van der Waals surface area contributed by atoms with Crippen LogP contribution in [0, 0.1) is 40.7 Å². The lowest BCUT2D eigenvalue weighted by Crippen LogP contribution is -2.40. The van der Waals surface area contributed by atoms with Crippen LogP contribution in [0.4, 0.5) is 30.7 Å². The third-order valence-corrected chi connectivity index (χ3v) is 23.7. The Labute approximate surface area is 557 Å². The van der Waals surface area contributed by atoms with E-state index in [0.717, 1.165) is 34.9 Å². The average molecular weight is 1380 g/mol. The van der Waals surface area contributed by atoms with Gasteiger partial charge in [-0.15, -0.1) is 0 Å². The van der Waals surface area contributed by atoms with E-state index in [1.165, 1.54) is 97.1 Å². The summed E-state index contributed by atoms with van der Waals surface area (Å²) >= 11 is 0. The summed E-state index contributed by atoms with van der Waals surface area (Å²) in [6.45, 7) is 22.3. The van der Waals surface area contributed by atoms with Gasteiger partial charge in [-0.2, -0.15) is 0 Å². The SMILES string of the molecule is CC(C)(C)[Si](C)(C)OCc1ccc(F)c(C=O)c1.CC(C)(C)[Si](C)(C)OCc1ccc(F)cc1.O=C(O)/C=C/c1cc(CO)ccc1F.O=C(O)CCc1cc(CO)ccc1F.O=Cc1cc(CO)ccc1F.O=Cc1ccc(F)c(CCC(=O)O)c1.OCc1ccc(F)cc1. The second-order valence-electron chi connectivity index (χ2n) is 24.1. The van der Waals surface area contributed by atoms with Gasteiger partial charge in [0, 0.05) is 30.0 Å². The van der Waals surface area contributed by atoms with Crippen molar-refractivity contribution in [3.8, 4) is 0 Å². The maximum atomic E-state index is 13.2. The summed E-state index contributed by atoms with van der Waals surface area (Å²) in [4.78, 5) is 61.9. The number of aldehydes is 3. The van der Waals surface area contributed by atoms with Crippen LogP contribution in [-0.4, -0.2) is 89.1 Å². The lowest BCUT2D eigenvalue weighted by atomic mass is 10.1. The number of aryl methyl sites for hydroxylation is 2. The fraction of sp³-hybridized carbons (Fsp3) is 0.306. The molecule has 7 aromatic carbocycles. The lowest BCUT2D eigenvalue weighted by Gasteiger charge is -2.36. The Balaban J connectivity index is 0.000000564. The molecule has 24 heteroatoms. The van der Waals surface area contributed by atoms with Crippen molar-refractivity contribution in [2.24, 2.45) is 0 Å². The number of carbonyl (C=O) groups excluding carboxylic acids is 3. The third kappa shape index (κ3) is 33.2. The molecule has 0 spiro atoms. The number of carboxylic acid groups (broad SMARTS) is 3. The van der Waals surface area contributed by atoms with Crippen LogP contribution in [0.25, 0.3) is 6.08 Å².